The number of benzene rings is 1. The normalized spacial score (nSPS) is 10.1. The Morgan fingerprint density at radius 1 is 1.25 bits per heavy atom. The van der Waals surface area contributed by atoms with E-state index in [9.17, 15) is 4.79 Å². The molecule has 1 rings (SSSR count). The summed E-state index contributed by atoms with van der Waals surface area (Å²) in [6, 6.07) is 9.60. The molecule has 88 valence electrons. The number of esters is 1. The fraction of sp³-hybridized carbons (Fsp3) is 0.417. The third-order valence-electron chi connectivity index (χ3n) is 1.90. The van der Waals surface area contributed by atoms with Crippen LogP contribution in [0.4, 0.5) is 0 Å². The molecule has 0 heterocycles. The third-order valence-corrected chi connectivity index (χ3v) is 3.26. The van der Waals surface area contributed by atoms with Gasteiger partial charge in [-0.2, -0.15) is 11.8 Å². The van der Waals surface area contributed by atoms with Crippen LogP contribution >= 0.6 is 23.4 Å². The summed E-state index contributed by atoms with van der Waals surface area (Å²) in [5.74, 6) is 2.19. The van der Waals surface area contributed by atoms with E-state index in [-0.39, 0.29) is 5.97 Å². The highest BCUT2D eigenvalue weighted by atomic mass is 35.5. The molecule has 0 N–H and O–H groups in total. The lowest BCUT2D eigenvalue weighted by molar-refractivity contribution is -0.142. The Labute approximate surface area is 105 Å². The van der Waals surface area contributed by atoms with Gasteiger partial charge in [0.15, 0.2) is 0 Å². The maximum atomic E-state index is 11.4. The maximum Gasteiger partial charge on any atom is 0.310 e. The van der Waals surface area contributed by atoms with Crippen molar-refractivity contribution in [2.45, 2.75) is 6.42 Å². The molecule has 2 nitrogen and oxygen atoms in total. The van der Waals surface area contributed by atoms with Gasteiger partial charge < -0.3 is 4.74 Å². The summed E-state index contributed by atoms with van der Waals surface area (Å²) in [5.41, 5.74) is 0.987. The van der Waals surface area contributed by atoms with Crippen LogP contribution in [0.15, 0.2) is 30.3 Å². The van der Waals surface area contributed by atoms with E-state index in [0.29, 0.717) is 18.9 Å². The van der Waals surface area contributed by atoms with Crippen molar-refractivity contribution in [3.8, 4) is 0 Å². The molecule has 0 saturated heterocycles. The average Bonchev–Trinajstić information content (AvgIpc) is 2.30. The van der Waals surface area contributed by atoms with Crippen molar-refractivity contribution >= 4 is 29.3 Å². The lowest BCUT2D eigenvalue weighted by Gasteiger charge is -2.04. The molecule has 0 aromatic heterocycles. The molecule has 1 aromatic carbocycles. The summed E-state index contributed by atoms with van der Waals surface area (Å²) in [4.78, 5) is 11.4. The molecule has 0 saturated carbocycles. The van der Waals surface area contributed by atoms with Gasteiger partial charge in [0.1, 0.15) is 6.61 Å². The van der Waals surface area contributed by atoms with Crippen molar-refractivity contribution in [2.75, 3.05) is 24.0 Å². The van der Waals surface area contributed by atoms with Gasteiger partial charge >= 0.3 is 5.97 Å². The van der Waals surface area contributed by atoms with Crippen LogP contribution in [0.3, 0.4) is 0 Å². The van der Waals surface area contributed by atoms with E-state index in [4.69, 9.17) is 16.3 Å². The number of hydrogen-bond acceptors (Lipinski definition) is 3. The van der Waals surface area contributed by atoms with Gasteiger partial charge in [0.05, 0.1) is 6.42 Å². The van der Waals surface area contributed by atoms with Crippen LogP contribution in [0.5, 0.6) is 0 Å². The first-order valence-corrected chi connectivity index (χ1v) is 6.85. The Morgan fingerprint density at radius 3 is 2.69 bits per heavy atom. The molecule has 1 aromatic rings. The summed E-state index contributed by atoms with van der Waals surface area (Å²) in [7, 11) is 0. The molecule has 0 atom stereocenters. The molecule has 0 amide bonds. The topological polar surface area (TPSA) is 26.3 Å². The highest BCUT2D eigenvalue weighted by Gasteiger charge is 2.03. The molecule has 0 aliphatic heterocycles. The molecular weight excluding hydrogens is 244 g/mol. The fourth-order valence-electron chi connectivity index (χ4n) is 1.18. The van der Waals surface area contributed by atoms with E-state index in [1.807, 2.05) is 30.3 Å². The van der Waals surface area contributed by atoms with Crippen LogP contribution in [-0.2, 0) is 16.0 Å². The molecule has 0 unspecified atom stereocenters. The summed E-state index contributed by atoms with van der Waals surface area (Å²) in [6.07, 6.45) is 0.348. The van der Waals surface area contributed by atoms with Crippen molar-refractivity contribution < 1.29 is 9.53 Å². The molecule has 0 bridgehead atoms. The lowest BCUT2D eigenvalue weighted by Crippen LogP contribution is -2.10. The average molecular weight is 259 g/mol. The van der Waals surface area contributed by atoms with E-state index in [1.54, 1.807) is 11.8 Å². The van der Waals surface area contributed by atoms with Gasteiger partial charge in [-0.15, -0.1) is 11.6 Å². The van der Waals surface area contributed by atoms with Gasteiger partial charge in [-0.25, -0.2) is 0 Å². The zero-order chi connectivity index (χ0) is 11.6. The highest BCUT2D eigenvalue weighted by molar-refractivity contribution is 7.99. The molecule has 16 heavy (non-hydrogen) atoms. The predicted octanol–water partition coefficient (Wildman–Crippen LogP) is 2.74. The zero-order valence-electron chi connectivity index (χ0n) is 9.02. The molecule has 0 radical (unpaired) electrons. The van der Waals surface area contributed by atoms with Crippen molar-refractivity contribution in [1.82, 2.24) is 0 Å². The van der Waals surface area contributed by atoms with E-state index >= 15 is 0 Å². The van der Waals surface area contributed by atoms with Crippen LogP contribution in [-0.4, -0.2) is 30.0 Å². The second kappa shape index (κ2) is 8.48. The Balaban J connectivity index is 2.12. The van der Waals surface area contributed by atoms with Gasteiger partial charge in [0.2, 0.25) is 0 Å². The van der Waals surface area contributed by atoms with Crippen molar-refractivity contribution in [3.63, 3.8) is 0 Å². The summed E-state index contributed by atoms with van der Waals surface area (Å²) in [5, 5.41) is 0. The zero-order valence-corrected chi connectivity index (χ0v) is 10.6. The molecule has 0 aliphatic carbocycles. The van der Waals surface area contributed by atoms with Crippen LogP contribution in [0.2, 0.25) is 0 Å². The highest BCUT2D eigenvalue weighted by Crippen LogP contribution is 2.03. The quantitative estimate of drug-likeness (QED) is 0.427. The Morgan fingerprint density at radius 2 is 2.00 bits per heavy atom. The smallest absolute Gasteiger partial charge is 0.310 e. The van der Waals surface area contributed by atoms with E-state index in [1.165, 1.54) is 0 Å². The van der Waals surface area contributed by atoms with E-state index in [0.717, 1.165) is 17.1 Å². The first-order valence-electron chi connectivity index (χ1n) is 5.16. The minimum atomic E-state index is -0.169. The SMILES string of the molecule is O=C(Cc1ccccc1)OCCSCCCl. The maximum absolute atomic E-state index is 11.4. The summed E-state index contributed by atoms with van der Waals surface area (Å²) in [6.45, 7) is 0.465. The largest absolute Gasteiger partial charge is 0.465 e. The second-order valence-electron chi connectivity index (χ2n) is 3.18. The van der Waals surface area contributed by atoms with E-state index < -0.39 is 0 Å². The number of carbonyl (C=O) groups is 1. The van der Waals surface area contributed by atoms with Crippen molar-refractivity contribution in [2.24, 2.45) is 0 Å². The van der Waals surface area contributed by atoms with Crippen molar-refractivity contribution in [3.05, 3.63) is 35.9 Å². The molecule has 0 aliphatic rings. The number of ether oxygens (including phenoxy) is 1. The molecular formula is C12H15ClO2S. The summed E-state index contributed by atoms with van der Waals surface area (Å²) >= 11 is 7.21. The standard InChI is InChI=1S/C12H15ClO2S/c13-6-8-16-9-7-15-12(14)10-11-4-2-1-3-5-11/h1-5H,6-10H2. The number of carbonyl (C=O) groups excluding carboxylic acids is 1. The van der Waals surface area contributed by atoms with Gasteiger partial charge in [0.25, 0.3) is 0 Å². The van der Waals surface area contributed by atoms with Gasteiger partial charge in [-0.1, -0.05) is 30.3 Å². The number of rotatable bonds is 7. The molecule has 4 heteroatoms. The number of halogens is 1. The monoisotopic (exact) mass is 258 g/mol. The third kappa shape index (κ3) is 6.03. The predicted molar refractivity (Wildman–Crippen MR) is 69.2 cm³/mol. The Kier molecular flexibility index (Phi) is 7.10. The Bertz CT molecular complexity index is 303. The van der Waals surface area contributed by atoms with Crippen LogP contribution in [0, 0.1) is 0 Å². The van der Waals surface area contributed by atoms with Gasteiger partial charge in [0, 0.05) is 17.4 Å². The van der Waals surface area contributed by atoms with Gasteiger partial charge in [-0.05, 0) is 5.56 Å². The minimum Gasteiger partial charge on any atom is -0.465 e. The lowest BCUT2D eigenvalue weighted by atomic mass is 10.2. The number of alkyl halides is 1. The summed E-state index contributed by atoms with van der Waals surface area (Å²) < 4.78 is 5.09. The van der Waals surface area contributed by atoms with Crippen molar-refractivity contribution in [1.29, 1.82) is 0 Å². The first kappa shape index (κ1) is 13.4. The fourth-order valence-corrected chi connectivity index (χ4v) is 2.03. The second-order valence-corrected chi connectivity index (χ2v) is 4.79. The molecule has 0 fully saturated rings. The van der Waals surface area contributed by atoms with Crippen LogP contribution < -0.4 is 0 Å². The number of thioether (sulfide) groups is 1. The number of hydrogen-bond donors (Lipinski definition) is 0. The Hall–Kier alpha value is -0.670. The van der Waals surface area contributed by atoms with E-state index in [2.05, 4.69) is 0 Å². The molecule has 0 spiro atoms. The van der Waals surface area contributed by atoms with Crippen LogP contribution in [0.1, 0.15) is 5.56 Å². The van der Waals surface area contributed by atoms with Gasteiger partial charge in [-0.3, -0.25) is 4.79 Å². The minimum absolute atomic E-state index is 0.169. The first-order chi connectivity index (χ1) is 7.83. The van der Waals surface area contributed by atoms with Crippen LogP contribution in [0.25, 0.3) is 0 Å².